The Morgan fingerprint density at radius 3 is 2.68 bits per heavy atom. The molecule has 0 unspecified atom stereocenters. The number of furan rings is 1. The van der Waals surface area contributed by atoms with Crippen LogP contribution in [0.25, 0.3) is 0 Å². The molecule has 0 aliphatic carbocycles. The van der Waals surface area contributed by atoms with Crippen molar-refractivity contribution in [1.29, 1.82) is 0 Å². The van der Waals surface area contributed by atoms with Crippen LogP contribution in [0.15, 0.2) is 27.7 Å². The summed E-state index contributed by atoms with van der Waals surface area (Å²) in [5, 5.41) is 14.2. The number of nitrogens with one attached hydrogen (secondary N) is 1. The number of anilines is 2. The maximum Gasteiger partial charge on any atom is 0.216 e. The average Bonchev–Trinajstić information content (AvgIpc) is 2.98. The van der Waals surface area contributed by atoms with E-state index in [2.05, 4.69) is 20.4 Å². The van der Waals surface area contributed by atoms with Crippen LogP contribution in [-0.4, -0.2) is 54.8 Å². The van der Waals surface area contributed by atoms with Crippen LogP contribution in [0.5, 0.6) is 5.88 Å². The predicted molar refractivity (Wildman–Crippen MR) is 108 cm³/mol. The van der Waals surface area contributed by atoms with E-state index < -0.39 is 5.60 Å². The SMILES string of the molecule is Cc1cc(N/N=C/c2cc(N3CCOCC3)cc(OCC(C)(C)O)n2)oc1C. The van der Waals surface area contributed by atoms with Crippen LogP contribution < -0.4 is 15.1 Å². The molecule has 2 aromatic heterocycles. The number of hydrazone groups is 1. The molecule has 1 aliphatic heterocycles. The summed E-state index contributed by atoms with van der Waals surface area (Å²) < 4.78 is 16.7. The summed E-state index contributed by atoms with van der Waals surface area (Å²) in [7, 11) is 0. The molecular formula is C20H28N4O4. The van der Waals surface area contributed by atoms with Gasteiger partial charge in [-0.3, -0.25) is 0 Å². The summed E-state index contributed by atoms with van der Waals surface area (Å²) in [6.07, 6.45) is 1.62. The van der Waals surface area contributed by atoms with Crippen molar-refractivity contribution in [1.82, 2.24) is 4.98 Å². The molecular weight excluding hydrogens is 360 g/mol. The molecule has 0 spiro atoms. The van der Waals surface area contributed by atoms with Crippen LogP contribution in [0, 0.1) is 13.8 Å². The Morgan fingerprint density at radius 2 is 2.04 bits per heavy atom. The number of nitrogens with zero attached hydrogens (tertiary/aromatic N) is 3. The van der Waals surface area contributed by atoms with Gasteiger partial charge in [0.05, 0.1) is 30.7 Å². The number of hydrogen-bond donors (Lipinski definition) is 2. The molecule has 0 aromatic carbocycles. The number of aryl methyl sites for hydroxylation is 2. The van der Waals surface area contributed by atoms with E-state index in [0.717, 1.165) is 30.1 Å². The normalized spacial score (nSPS) is 15.2. The average molecular weight is 388 g/mol. The van der Waals surface area contributed by atoms with Crippen molar-refractivity contribution < 1.29 is 19.0 Å². The van der Waals surface area contributed by atoms with E-state index in [1.54, 1.807) is 20.1 Å². The molecule has 1 saturated heterocycles. The van der Waals surface area contributed by atoms with Crippen LogP contribution >= 0.6 is 0 Å². The van der Waals surface area contributed by atoms with Gasteiger partial charge in [0, 0.05) is 30.9 Å². The molecule has 28 heavy (non-hydrogen) atoms. The van der Waals surface area contributed by atoms with Gasteiger partial charge in [0.1, 0.15) is 12.4 Å². The van der Waals surface area contributed by atoms with Gasteiger partial charge < -0.3 is 23.9 Å². The number of aromatic nitrogens is 1. The fraction of sp³-hybridized carbons (Fsp3) is 0.500. The van der Waals surface area contributed by atoms with Crippen molar-refractivity contribution in [3.8, 4) is 5.88 Å². The highest BCUT2D eigenvalue weighted by Gasteiger charge is 2.17. The Labute approximate surface area is 165 Å². The molecule has 0 radical (unpaired) electrons. The summed E-state index contributed by atoms with van der Waals surface area (Å²) in [4.78, 5) is 6.69. The molecule has 8 nitrogen and oxygen atoms in total. The van der Waals surface area contributed by atoms with Gasteiger partial charge in [-0.25, -0.2) is 10.4 Å². The molecule has 1 fully saturated rings. The van der Waals surface area contributed by atoms with Crippen molar-refractivity contribution in [2.75, 3.05) is 43.2 Å². The Bertz CT molecular complexity index is 801. The molecule has 2 aromatic rings. The Kier molecular flexibility index (Phi) is 6.21. The van der Waals surface area contributed by atoms with Gasteiger partial charge in [-0.05, 0) is 39.3 Å². The highest BCUT2D eigenvalue weighted by Crippen LogP contribution is 2.23. The second kappa shape index (κ2) is 8.62. The van der Waals surface area contributed by atoms with E-state index in [-0.39, 0.29) is 6.61 Å². The minimum atomic E-state index is -0.943. The third-order valence-corrected chi connectivity index (χ3v) is 4.29. The summed E-state index contributed by atoms with van der Waals surface area (Å²) >= 11 is 0. The van der Waals surface area contributed by atoms with E-state index in [1.165, 1.54) is 0 Å². The number of ether oxygens (including phenoxy) is 2. The first kappa shape index (κ1) is 20.2. The Morgan fingerprint density at radius 1 is 1.29 bits per heavy atom. The summed E-state index contributed by atoms with van der Waals surface area (Å²) in [5.74, 6) is 1.87. The zero-order valence-corrected chi connectivity index (χ0v) is 16.9. The number of morpholine rings is 1. The molecule has 0 amide bonds. The largest absolute Gasteiger partial charge is 0.475 e. The molecule has 152 valence electrons. The van der Waals surface area contributed by atoms with Gasteiger partial charge in [-0.1, -0.05) is 0 Å². The smallest absolute Gasteiger partial charge is 0.216 e. The molecule has 1 aliphatic rings. The summed E-state index contributed by atoms with van der Waals surface area (Å²) in [5.41, 5.74) is 4.62. The zero-order valence-electron chi connectivity index (χ0n) is 16.9. The van der Waals surface area contributed by atoms with E-state index >= 15 is 0 Å². The van der Waals surface area contributed by atoms with Crippen molar-refractivity contribution >= 4 is 17.8 Å². The summed E-state index contributed by atoms with van der Waals surface area (Å²) in [6, 6.07) is 5.72. The number of aliphatic hydroxyl groups is 1. The van der Waals surface area contributed by atoms with E-state index in [0.29, 0.717) is 30.7 Å². The molecule has 2 N–H and O–H groups in total. The molecule has 8 heteroatoms. The molecule has 3 heterocycles. The summed E-state index contributed by atoms with van der Waals surface area (Å²) in [6.45, 7) is 10.4. The fourth-order valence-electron chi connectivity index (χ4n) is 2.70. The van der Waals surface area contributed by atoms with Crippen LogP contribution in [0.2, 0.25) is 0 Å². The Hall–Kier alpha value is -2.58. The third-order valence-electron chi connectivity index (χ3n) is 4.29. The topological polar surface area (TPSA) is 92.4 Å². The fourth-order valence-corrected chi connectivity index (χ4v) is 2.70. The molecule has 3 rings (SSSR count). The van der Waals surface area contributed by atoms with Gasteiger partial charge in [0.2, 0.25) is 11.8 Å². The first-order valence-corrected chi connectivity index (χ1v) is 9.36. The van der Waals surface area contributed by atoms with E-state index in [9.17, 15) is 5.11 Å². The van der Waals surface area contributed by atoms with Crippen LogP contribution in [0.1, 0.15) is 30.9 Å². The monoisotopic (exact) mass is 388 g/mol. The van der Waals surface area contributed by atoms with E-state index in [1.807, 2.05) is 32.0 Å². The number of pyridine rings is 1. The van der Waals surface area contributed by atoms with Gasteiger partial charge in [-0.2, -0.15) is 5.10 Å². The van der Waals surface area contributed by atoms with Gasteiger partial charge in [0.25, 0.3) is 0 Å². The minimum absolute atomic E-state index is 0.145. The lowest BCUT2D eigenvalue weighted by molar-refractivity contribution is 0.0268. The number of rotatable bonds is 7. The highest BCUT2D eigenvalue weighted by molar-refractivity contribution is 5.79. The van der Waals surface area contributed by atoms with Crippen molar-refractivity contribution in [3.05, 3.63) is 35.2 Å². The van der Waals surface area contributed by atoms with E-state index in [4.69, 9.17) is 13.9 Å². The van der Waals surface area contributed by atoms with Gasteiger partial charge in [0.15, 0.2) is 0 Å². The molecule has 0 saturated carbocycles. The standard InChI is InChI=1S/C20H28N4O4/c1-14-9-19(28-15(14)2)23-21-12-16-10-17(24-5-7-26-8-6-24)11-18(22-16)27-13-20(3,4)25/h9-12,23,25H,5-8,13H2,1-4H3/b21-12+. The quantitative estimate of drug-likeness (QED) is 0.556. The van der Waals surface area contributed by atoms with Gasteiger partial charge >= 0.3 is 0 Å². The first-order chi connectivity index (χ1) is 13.3. The van der Waals surface area contributed by atoms with Crippen LogP contribution in [0.3, 0.4) is 0 Å². The first-order valence-electron chi connectivity index (χ1n) is 9.36. The maximum absolute atomic E-state index is 9.93. The lowest BCUT2D eigenvalue weighted by atomic mass is 10.2. The lowest BCUT2D eigenvalue weighted by Crippen LogP contribution is -2.36. The van der Waals surface area contributed by atoms with Crippen LogP contribution in [0.4, 0.5) is 11.6 Å². The van der Waals surface area contributed by atoms with Gasteiger partial charge in [-0.15, -0.1) is 0 Å². The van der Waals surface area contributed by atoms with Crippen molar-refractivity contribution in [3.63, 3.8) is 0 Å². The number of hydrogen-bond acceptors (Lipinski definition) is 8. The van der Waals surface area contributed by atoms with Crippen LogP contribution in [-0.2, 0) is 4.74 Å². The maximum atomic E-state index is 9.93. The second-order valence-electron chi connectivity index (χ2n) is 7.51. The van der Waals surface area contributed by atoms with Crippen molar-refractivity contribution in [2.45, 2.75) is 33.3 Å². The zero-order chi connectivity index (χ0) is 20.1. The lowest BCUT2D eigenvalue weighted by Gasteiger charge is -2.29. The minimum Gasteiger partial charge on any atom is -0.475 e. The molecule has 0 bridgehead atoms. The highest BCUT2D eigenvalue weighted by atomic mass is 16.5. The second-order valence-corrected chi connectivity index (χ2v) is 7.51. The van der Waals surface area contributed by atoms with Crippen molar-refractivity contribution in [2.24, 2.45) is 5.10 Å². The third kappa shape index (κ3) is 5.71. The predicted octanol–water partition coefficient (Wildman–Crippen LogP) is 2.72. The molecule has 0 atom stereocenters. The Balaban J connectivity index is 1.78.